The number of anilines is 1. The van der Waals surface area contributed by atoms with E-state index in [-0.39, 0.29) is 24.8 Å². The molecule has 1 aliphatic heterocycles. The summed E-state index contributed by atoms with van der Waals surface area (Å²) in [7, 11) is -3.38. The van der Waals surface area contributed by atoms with Crippen LogP contribution in [-0.4, -0.2) is 26.7 Å². The molecule has 0 atom stereocenters. The minimum atomic E-state index is -3.38. The van der Waals surface area contributed by atoms with Gasteiger partial charge >= 0.3 is 0 Å². The number of benzene rings is 2. The smallest absolute Gasteiger partial charge is 0.262 e. The standard InChI is InChI=1S/C17H18N2O4S/c20-17-12-23-16-7-6-14(10-15(16)19-17)11-18-24(21,22)9-8-13-4-2-1-3-5-13/h1-7,10,18H,8-9,11-12H2,(H,19,20). The molecule has 0 aromatic heterocycles. The van der Waals surface area contributed by atoms with E-state index in [1.807, 2.05) is 30.3 Å². The fourth-order valence-corrected chi connectivity index (χ4v) is 3.44. The summed E-state index contributed by atoms with van der Waals surface area (Å²) in [5.41, 5.74) is 2.30. The fourth-order valence-electron chi connectivity index (χ4n) is 2.40. The van der Waals surface area contributed by atoms with Crippen LogP contribution in [0.2, 0.25) is 0 Å². The molecule has 1 aliphatic rings. The molecule has 0 saturated carbocycles. The molecule has 24 heavy (non-hydrogen) atoms. The molecule has 0 spiro atoms. The number of sulfonamides is 1. The van der Waals surface area contributed by atoms with Crippen LogP contribution >= 0.6 is 0 Å². The maximum atomic E-state index is 12.1. The highest BCUT2D eigenvalue weighted by atomic mass is 32.2. The highest BCUT2D eigenvalue weighted by molar-refractivity contribution is 7.89. The molecule has 0 aliphatic carbocycles. The molecule has 0 fully saturated rings. The Hall–Kier alpha value is -2.38. The number of fused-ring (bicyclic) bond motifs is 1. The van der Waals surface area contributed by atoms with Crippen molar-refractivity contribution in [3.05, 3.63) is 59.7 Å². The first-order chi connectivity index (χ1) is 11.5. The Morgan fingerprint density at radius 1 is 1.08 bits per heavy atom. The lowest BCUT2D eigenvalue weighted by molar-refractivity contribution is -0.118. The molecular weight excluding hydrogens is 328 g/mol. The van der Waals surface area contributed by atoms with E-state index >= 15 is 0 Å². The molecule has 3 rings (SSSR count). The third-order valence-corrected chi connectivity index (χ3v) is 5.00. The second-order valence-corrected chi connectivity index (χ2v) is 7.47. The quantitative estimate of drug-likeness (QED) is 0.833. The lowest BCUT2D eigenvalue weighted by Crippen LogP contribution is -2.28. The topological polar surface area (TPSA) is 84.5 Å². The largest absolute Gasteiger partial charge is 0.482 e. The molecule has 2 aromatic carbocycles. The number of hydrogen-bond acceptors (Lipinski definition) is 4. The van der Waals surface area contributed by atoms with Gasteiger partial charge in [0.25, 0.3) is 5.91 Å². The normalized spacial score (nSPS) is 13.8. The zero-order valence-corrected chi connectivity index (χ0v) is 13.8. The van der Waals surface area contributed by atoms with Gasteiger partial charge in [-0.1, -0.05) is 36.4 Å². The Bertz CT molecular complexity index is 835. The van der Waals surface area contributed by atoms with Crippen molar-refractivity contribution in [2.24, 2.45) is 0 Å². The van der Waals surface area contributed by atoms with Crippen molar-refractivity contribution in [3.63, 3.8) is 0 Å². The fraction of sp³-hybridized carbons (Fsp3) is 0.235. The van der Waals surface area contributed by atoms with E-state index in [0.717, 1.165) is 11.1 Å². The Morgan fingerprint density at radius 3 is 2.67 bits per heavy atom. The molecule has 1 heterocycles. The average Bonchev–Trinajstić information content (AvgIpc) is 2.59. The Morgan fingerprint density at radius 2 is 1.88 bits per heavy atom. The molecule has 1 amide bonds. The predicted molar refractivity (Wildman–Crippen MR) is 91.3 cm³/mol. The Kier molecular flexibility index (Phi) is 4.82. The van der Waals surface area contributed by atoms with Gasteiger partial charge in [-0.2, -0.15) is 0 Å². The molecule has 126 valence electrons. The summed E-state index contributed by atoms with van der Waals surface area (Å²) in [5.74, 6) is 0.398. The molecule has 0 bridgehead atoms. The Balaban J connectivity index is 1.58. The molecule has 2 aromatic rings. The minimum Gasteiger partial charge on any atom is -0.482 e. The highest BCUT2D eigenvalue weighted by Gasteiger charge is 2.16. The van der Waals surface area contributed by atoms with Gasteiger partial charge in [-0.15, -0.1) is 0 Å². The van der Waals surface area contributed by atoms with Crippen molar-refractivity contribution in [1.29, 1.82) is 0 Å². The number of carbonyl (C=O) groups is 1. The molecular formula is C17H18N2O4S. The third kappa shape index (κ3) is 4.33. The number of nitrogens with one attached hydrogen (secondary N) is 2. The van der Waals surface area contributed by atoms with E-state index in [4.69, 9.17) is 4.74 Å². The van der Waals surface area contributed by atoms with Gasteiger partial charge in [0.05, 0.1) is 11.4 Å². The minimum absolute atomic E-state index is 0.00153. The van der Waals surface area contributed by atoms with Gasteiger partial charge in [0.15, 0.2) is 6.61 Å². The number of carbonyl (C=O) groups excluding carboxylic acids is 1. The molecule has 7 heteroatoms. The summed E-state index contributed by atoms with van der Waals surface area (Å²) in [6.45, 7) is 0.165. The van der Waals surface area contributed by atoms with Crippen molar-refractivity contribution in [1.82, 2.24) is 4.72 Å². The van der Waals surface area contributed by atoms with Crippen LogP contribution in [0.3, 0.4) is 0 Å². The number of aryl methyl sites for hydroxylation is 1. The van der Waals surface area contributed by atoms with E-state index in [0.29, 0.717) is 17.9 Å². The van der Waals surface area contributed by atoms with Crippen molar-refractivity contribution < 1.29 is 17.9 Å². The summed E-state index contributed by atoms with van der Waals surface area (Å²) in [6.07, 6.45) is 0.463. The molecule has 6 nitrogen and oxygen atoms in total. The monoisotopic (exact) mass is 346 g/mol. The Labute approximate surface area is 140 Å². The van der Waals surface area contributed by atoms with Crippen LogP contribution in [0.25, 0.3) is 0 Å². The van der Waals surface area contributed by atoms with Crippen molar-refractivity contribution in [3.8, 4) is 5.75 Å². The van der Waals surface area contributed by atoms with E-state index in [9.17, 15) is 13.2 Å². The van der Waals surface area contributed by atoms with Crippen LogP contribution in [-0.2, 0) is 27.8 Å². The van der Waals surface area contributed by atoms with Crippen LogP contribution in [0.1, 0.15) is 11.1 Å². The van der Waals surface area contributed by atoms with Gasteiger partial charge < -0.3 is 10.1 Å². The maximum absolute atomic E-state index is 12.1. The second kappa shape index (κ2) is 7.02. The van der Waals surface area contributed by atoms with Crippen LogP contribution in [0.4, 0.5) is 5.69 Å². The lowest BCUT2D eigenvalue weighted by Gasteiger charge is -2.18. The van der Waals surface area contributed by atoms with Gasteiger partial charge in [-0.05, 0) is 29.7 Å². The number of hydrogen-bond donors (Lipinski definition) is 2. The number of amides is 1. The van der Waals surface area contributed by atoms with E-state index < -0.39 is 10.0 Å². The zero-order chi connectivity index (χ0) is 17.0. The first-order valence-corrected chi connectivity index (χ1v) is 9.24. The second-order valence-electron chi connectivity index (χ2n) is 5.54. The van der Waals surface area contributed by atoms with E-state index in [1.165, 1.54) is 0 Å². The predicted octanol–water partition coefficient (Wildman–Crippen LogP) is 1.68. The SMILES string of the molecule is O=C1COc2ccc(CNS(=O)(=O)CCc3ccccc3)cc2N1. The van der Waals surface area contributed by atoms with Crippen molar-refractivity contribution in [2.75, 3.05) is 17.7 Å². The summed E-state index contributed by atoms with van der Waals surface area (Å²) in [4.78, 5) is 11.3. The number of rotatable bonds is 6. The van der Waals surface area contributed by atoms with Gasteiger partial charge in [0, 0.05) is 6.54 Å². The van der Waals surface area contributed by atoms with Crippen LogP contribution in [0.5, 0.6) is 5.75 Å². The van der Waals surface area contributed by atoms with E-state index in [1.54, 1.807) is 18.2 Å². The summed E-state index contributed by atoms with van der Waals surface area (Å²) in [5, 5.41) is 2.70. The van der Waals surface area contributed by atoms with Crippen molar-refractivity contribution in [2.45, 2.75) is 13.0 Å². The van der Waals surface area contributed by atoms with Crippen LogP contribution in [0.15, 0.2) is 48.5 Å². The van der Waals surface area contributed by atoms with Crippen LogP contribution in [0, 0.1) is 0 Å². The summed E-state index contributed by atoms with van der Waals surface area (Å²) >= 11 is 0. The first-order valence-electron chi connectivity index (χ1n) is 7.59. The van der Waals surface area contributed by atoms with Gasteiger partial charge in [-0.25, -0.2) is 13.1 Å². The highest BCUT2D eigenvalue weighted by Crippen LogP contribution is 2.28. The molecule has 0 unspecified atom stereocenters. The number of ether oxygens (including phenoxy) is 1. The molecule has 0 saturated heterocycles. The van der Waals surface area contributed by atoms with Gasteiger partial charge in [0.1, 0.15) is 5.75 Å². The zero-order valence-electron chi connectivity index (χ0n) is 13.0. The lowest BCUT2D eigenvalue weighted by atomic mass is 10.1. The molecule has 0 radical (unpaired) electrons. The average molecular weight is 346 g/mol. The van der Waals surface area contributed by atoms with E-state index in [2.05, 4.69) is 10.0 Å². The summed E-state index contributed by atoms with van der Waals surface area (Å²) in [6, 6.07) is 14.7. The van der Waals surface area contributed by atoms with Gasteiger partial charge in [0.2, 0.25) is 10.0 Å². The third-order valence-electron chi connectivity index (χ3n) is 3.68. The first kappa shape index (κ1) is 16.5. The summed E-state index contributed by atoms with van der Waals surface area (Å²) < 4.78 is 32.1. The van der Waals surface area contributed by atoms with Crippen LogP contribution < -0.4 is 14.8 Å². The molecule has 2 N–H and O–H groups in total. The van der Waals surface area contributed by atoms with Gasteiger partial charge in [-0.3, -0.25) is 4.79 Å². The van der Waals surface area contributed by atoms with Crippen molar-refractivity contribution >= 4 is 21.6 Å². The maximum Gasteiger partial charge on any atom is 0.262 e.